The lowest BCUT2D eigenvalue weighted by Crippen LogP contribution is -2.45. The Morgan fingerprint density at radius 1 is 1.33 bits per heavy atom. The van der Waals surface area contributed by atoms with Gasteiger partial charge in [-0.1, -0.05) is 13.8 Å². The molecule has 1 aliphatic rings. The van der Waals surface area contributed by atoms with Crippen LogP contribution in [0.3, 0.4) is 0 Å². The zero-order valence-electron chi connectivity index (χ0n) is 17.9. The molecular weight excluding hydrogens is 382 g/mol. The predicted octanol–water partition coefficient (Wildman–Crippen LogP) is 2.83. The van der Waals surface area contributed by atoms with Crippen molar-refractivity contribution in [1.29, 1.82) is 5.26 Å². The first-order valence-corrected chi connectivity index (χ1v) is 10.2. The molecule has 30 heavy (non-hydrogen) atoms. The lowest BCUT2D eigenvalue weighted by Gasteiger charge is -2.33. The number of benzene rings is 1. The molecule has 0 aliphatic carbocycles. The standard InChI is InChI=1S/C20H23N5O3.C2H6/c1-13(26)19(27)25-9-6-16(7-10-25)28-18-4-3-14(11-15(18)12-21)17-5-8-23-20(22-2)24-17;1-2/h3-5,8,11,13,16,26H,6-7,9-10H2,1-2H3,(H,22,23,24);1-2H3. The van der Waals surface area contributed by atoms with Crippen molar-refractivity contribution in [3.8, 4) is 23.1 Å². The Morgan fingerprint density at radius 2 is 2.03 bits per heavy atom. The highest BCUT2D eigenvalue weighted by Crippen LogP contribution is 2.28. The van der Waals surface area contributed by atoms with E-state index in [1.54, 1.807) is 36.3 Å². The van der Waals surface area contributed by atoms with E-state index in [1.807, 2.05) is 19.9 Å². The number of carbonyl (C=O) groups is 1. The Labute approximate surface area is 177 Å². The number of hydrogen-bond acceptors (Lipinski definition) is 7. The Morgan fingerprint density at radius 3 is 2.63 bits per heavy atom. The van der Waals surface area contributed by atoms with E-state index >= 15 is 0 Å². The third-order valence-electron chi connectivity index (χ3n) is 4.68. The molecule has 1 aromatic carbocycles. The van der Waals surface area contributed by atoms with Crippen LogP contribution in [0.15, 0.2) is 30.5 Å². The highest BCUT2D eigenvalue weighted by Gasteiger charge is 2.26. The van der Waals surface area contributed by atoms with Crippen molar-refractivity contribution in [2.75, 3.05) is 25.5 Å². The van der Waals surface area contributed by atoms with Crippen molar-refractivity contribution in [1.82, 2.24) is 14.9 Å². The van der Waals surface area contributed by atoms with Gasteiger partial charge in [-0.2, -0.15) is 5.26 Å². The number of aliphatic hydroxyl groups excluding tert-OH is 1. The van der Waals surface area contributed by atoms with Gasteiger partial charge < -0.3 is 20.1 Å². The van der Waals surface area contributed by atoms with Gasteiger partial charge in [0, 0.05) is 44.7 Å². The first-order valence-electron chi connectivity index (χ1n) is 10.2. The highest BCUT2D eigenvalue weighted by atomic mass is 16.5. The first kappa shape index (κ1) is 23.1. The van der Waals surface area contributed by atoms with Gasteiger partial charge in [0.15, 0.2) is 0 Å². The molecule has 1 unspecified atom stereocenters. The van der Waals surface area contributed by atoms with E-state index in [1.165, 1.54) is 6.92 Å². The monoisotopic (exact) mass is 411 g/mol. The minimum atomic E-state index is -0.986. The minimum Gasteiger partial charge on any atom is -0.489 e. The van der Waals surface area contributed by atoms with Crippen LogP contribution in [0.4, 0.5) is 5.95 Å². The second-order valence-corrected chi connectivity index (χ2v) is 6.66. The van der Waals surface area contributed by atoms with Gasteiger partial charge in [0.2, 0.25) is 5.95 Å². The van der Waals surface area contributed by atoms with Crippen LogP contribution < -0.4 is 10.1 Å². The van der Waals surface area contributed by atoms with Gasteiger partial charge in [-0.05, 0) is 31.2 Å². The summed E-state index contributed by atoms with van der Waals surface area (Å²) in [5.74, 6) is 0.774. The number of likely N-dealkylation sites (tertiary alicyclic amines) is 1. The lowest BCUT2D eigenvalue weighted by molar-refractivity contribution is -0.141. The van der Waals surface area contributed by atoms with Crippen LogP contribution >= 0.6 is 0 Å². The summed E-state index contributed by atoms with van der Waals surface area (Å²) >= 11 is 0. The average Bonchev–Trinajstić information content (AvgIpc) is 2.80. The molecule has 0 saturated carbocycles. The summed E-state index contributed by atoms with van der Waals surface area (Å²) in [5.41, 5.74) is 1.96. The topological polar surface area (TPSA) is 111 Å². The van der Waals surface area contributed by atoms with Gasteiger partial charge in [-0.15, -0.1) is 0 Å². The highest BCUT2D eigenvalue weighted by molar-refractivity contribution is 5.80. The molecule has 2 N–H and O–H groups in total. The Kier molecular flexibility index (Phi) is 8.56. The van der Waals surface area contributed by atoms with Gasteiger partial charge in [-0.3, -0.25) is 4.79 Å². The fraction of sp³-hybridized carbons (Fsp3) is 0.455. The smallest absolute Gasteiger partial charge is 0.251 e. The fourth-order valence-corrected chi connectivity index (χ4v) is 3.16. The molecular formula is C22H29N5O3. The third-order valence-corrected chi connectivity index (χ3v) is 4.68. The molecule has 1 aromatic heterocycles. The fourth-order valence-electron chi connectivity index (χ4n) is 3.16. The lowest BCUT2D eigenvalue weighted by atomic mass is 10.1. The van der Waals surface area contributed by atoms with Crippen molar-refractivity contribution in [3.63, 3.8) is 0 Å². The summed E-state index contributed by atoms with van der Waals surface area (Å²) in [4.78, 5) is 22.0. The van der Waals surface area contributed by atoms with Crippen LogP contribution in [0.2, 0.25) is 0 Å². The molecule has 1 fully saturated rings. The van der Waals surface area contributed by atoms with E-state index in [9.17, 15) is 15.2 Å². The molecule has 1 amide bonds. The minimum absolute atomic E-state index is 0.0778. The third kappa shape index (κ3) is 5.67. The van der Waals surface area contributed by atoms with Gasteiger partial charge in [0.1, 0.15) is 24.0 Å². The normalized spacial score (nSPS) is 14.7. The molecule has 1 aliphatic heterocycles. The number of amides is 1. The maximum absolute atomic E-state index is 11.9. The molecule has 8 nitrogen and oxygen atoms in total. The summed E-state index contributed by atoms with van der Waals surface area (Å²) in [6.45, 7) is 6.53. The molecule has 8 heteroatoms. The van der Waals surface area contributed by atoms with Gasteiger partial charge in [-0.25, -0.2) is 9.97 Å². The number of nitriles is 1. The Balaban J connectivity index is 0.00000155. The molecule has 0 radical (unpaired) electrons. The zero-order valence-corrected chi connectivity index (χ0v) is 17.9. The quantitative estimate of drug-likeness (QED) is 0.778. The largest absolute Gasteiger partial charge is 0.489 e. The van der Waals surface area contributed by atoms with Crippen LogP contribution in [-0.4, -0.2) is 58.2 Å². The van der Waals surface area contributed by atoms with E-state index < -0.39 is 6.10 Å². The number of rotatable bonds is 5. The zero-order chi connectivity index (χ0) is 22.1. The summed E-state index contributed by atoms with van der Waals surface area (Å²) in [7, 11) is 1.75. The summed E-state index contributed by atoms with van der Waals surface area (Å²) in [6, 6.07) is 9.37. The molecule has 3 rings (SSSR count). The summed E-state index contributed by atoms with van der Waals surface area (Å²) in [6.07, 6.45) is 1.91. The second-order valence-electron chi connectivity index (χ2n) is 6.66. The van der Waals surface area contributed by atoms with E-state index in [0.717, 1.165) is 5.56 Å². The molecule has 0 spiro atoms. The van der Waals surface area contributed by atoms with Crippen LogP contribution in [0, 0.1) is 11.3 Å². The van der Waals surface area contributed by atoms with E-state index in [4.69, 9.17) is 4.74 Å². The SMILES string of the molecule is CC.CNc1nccc(-c2ccc(OC3CCN(C(=O)C(C)O)CC3)c(C#N)c2)n1. The van der Waals surface area contributed by atoms with Crippen LogP contribution in [-0.2, 0) is 4.79 Å². The van der Waals surface area contributed by atoms with Crippen LogP contribution in [0.1, 0.15) is 39.2 Å². The van der Waals surface area contributed by atoms with Gasteiger partial charge >= 0.3 is 0 Å². The van der Waals surface area contributed by atoms with Crippen molar-refractivity contribution in [3.05, 3.63) is 36.0 Å². The number of nitrogens with zero attached hydrogens (tertiary/aromatic N) is 4. The van der Waals surface area contributed by atoms with Crippen LogP contribution in [0.25, 0.3) is 11.3 Å². The van der Waals surface area contributed by atoms with Crippen molar-refractivity contribution < 1.29 is 14.6 Å². The average molecular weight is 412 g/mol. The summed E-state index contributed by atoms with van der Waals surface area (Å²) < 4.78 is 6.03. The first-order chi connectivity index (χ1) is 14.5. The second kappa shape index (κ2) is 11.1. The molecule has 2 aromatic rings. The van der Waals surface area contributed by atoms with Crippen molar-refractivity contribution in [2.24, 2.45) is 0 Å². The van der Waals surface area contributed by atoms with Crippen molar-refractivity contribution >= 4 is 11.9 Å². The number of ether oxygens (including phenoxy) is 1. The molecule has 1 saturated heterocycles. The number of carbonyl (C=O) groups excluding carboxylic acids is 1. The molecule has 160 valence electrons. The maximum atomic E-state index is 11.9. The molecule has 0 bridgehead atoms. The number of aromatic nitrogens is 2. The van der Waals surface area contributed by atoms with Crippen LogP contribution in [0.5, 0.6) is 5.75 Å². The molecule has 1 atom stereocenters. The Bertz CT molecular complexity index is 887. The number of piperidine rings is 1. The number of aliphatic hydroxyl groups is 1. The number of hydrogen-bond donors (Lipinski definition) is 2. The van der Waals surface area contributed by atoms with Gasteiger partial charge in [0.25, 0.3) is 5.91 Å². The molecule has 2 heterocycles. The Hall–Kier alpha value is -3.18. The van der Waals surface area contributed by atoms with E-state index in [0.29, 0.717) is 48.9 Å². The number of anilines is 1. The summed E-state index contributed by atoms with van der Waals surface area (Å²) in [5, 5.41) is 21.9. The van der Waals surface area contributed by atoms with E-state index in [-0.39, 0.29) is 12.0 Å². The number of nitrogens with one attached hydrogen (secondary N) is 1. The van der Waals surface area contributed by atoms with E-state index in [2.05, 4.69) is 21.4 Å². The predicted molar refractivity (Wildman–Crippen MR) is 115 cm³/mol. The van der Waals surface area contributed by atoms with Gasteiger partial charge in [0.05, 0.1) is 11.3 Å². The van der Waals surface area contributed by atoms with Crippen molar-refractivity contribution in [2.45, 2.75) is 45.8 Å². The maximum Gasteiger partial charge on any atom is 0.251 e.